The molecule has 1 aromatic carbocycles. The molecule has 1 aromatic heterocycles. The van der Waals surface area contributed by atoms with E-state index in [4.69, 9.17) is 28.9 Å². The molecule has 12 heteroatoms. The Hall–Kier alpha value is -3.11. The Kier molecular flexibility index (Phi) is 8.07. The molecule has 1 saturated heterocycles. The van der Waals surface area contributed by atoms with Crippen LogP contribution in [-0.4, -0.2) is 65.6 Å². The first kappa shape index (κ1) is 26.5. The minimum absolute atomic E-state index is 0.0146. The molecule has 2 amide bonds. The van der Waals surface area contributed by atoms with Crippen LogP contribution in [0.5, 0.6) is 0 Å². The number of rotatable bonds is 6. The zero-order valence-corrected chi connectivity index (χ0v) is 20.3. The normalized spacial score (nSPS) is 15.8. The third-order valence-electron chi connectivity index (χ3n) is 5.65. The number of benzene rings is 1. The van der Waals surface area contributed by atoms with Gasteiger partial charge in [-0.1, -0.05) is 41.9 Å². The van der Waals surface area contributed by atoms with E-state index in [0.29, 0.717) is 27.6 Å². The number of carbonyl (C=O) groups is 2. The number of fused-ring (bicyclic) bond motifs is 1. The number of hydrogen-bond donors (Lipinski definition) is 2. The van der Waals surface area contributed by atoms with Crippen LogP contribution < -0.4 is 11.1 Å². The molecule has 0 radical (unpaired) electrons. The molecule has 7 nitrogen and oxygen atoms in total. The predicted octanol–water partition coefficient (Wildman–Crippen LogP) is 3.84. The summed E-state index contributed by atoms with van der Waals surface area (Å²) < 4.78 is 40.5. The van der Waals surface area contributed by atoms with E-state index in [1.165, 1.54) is 7.05 Å². The summed E-state index contributed by atoms with van der Waals surface area (Å²) in [7, 11) is 1.52. The number of nitrogens with one attached hydrogen (secondary N) is 1. The molecule has 0 unspecified atom stereocenters. The van der Waals surface area contributed by atoms with Crippen LogP contribution in [0, 0.1) is 0 Å². The standard InChI is InChI=1S/C23H24Cl2F3N5O2/c1-3-14(23(26,27)28)10-18(25)21(29)31-6-8-32(9-7-31)22(35)17-12-33(13-20(34)30-2)19-11-15(24)4-5-16(17)19/h3-5,10-12H,1,6-9,13,29H2,2H3,(H,30,34)/b14-10+,21-18-. The minimum Gasteiger partial charge on any atom is -0.384 e. The lowest BCUT2D eigenvalue weighted by Gasteiger charge is -2.36. The molecule has 3 N–H and O–H groups in total. The van der Waals surface area contributed by atoms with Crippen molar-refractivity contribution in [1.82, 2.24) is 19.7 Å². The molecule has 0 spiro atoms. The van der Waals surface area contributed by atoms with Crippen molar-refractivity contribution in [1.29, 1.82) is 0 Å². The van der Waals surface area contributed by atoms with Gasteiger partial charge in [0.1, 0.15) is 12.4 Å². The summed E-state index contributed by atoms with van der Waals surface area (Å²) in [5, 5.41) is 3.42. The number of hydrogen-bond acceptors (Lipinski definition) is 4. The van der Waals surface area contributed by atoms with Gasteiger partial charge < -0.3 is 25.4 Å². The van der Waals surface area contributed by atoms with Gasteiger partial charge in [-0.25, -0.2) is 0 Å². The maximum Gasteiger partial charge on any atom is 0.416 e. The van der Waals surface area contributed by atoms with E-state index in [0.717, 1.165) is 6.08 Å². The minimum atomic E-state index is -4.60. The molecule has 0 atom stereocenters. The van der Waals surface area contributed by atoms with E-state index in [2.05, 4.69) is 11.9 Å². The molecule has 0 aliphatic carbocycles. The van der Waals surface area contributed by atoms with Gasteiger partial charge in [0.15, 0.2) is 0 Å². The second-order valence-electron chi connectivity index (χ2n) is 7.82. The van der Waals surface area contributed by atoms with Crippen LogP contribution in [0.2, 0.25) is 5.02 Å². The van der Waals surface area contributed by atoms with Crippen molar-refractivity contribution >= 4 is 45.9 Å². The highest BCUT2D eigenvalue weighted by Crippen LogP contribution is 2.29. The lowest BCUT2D eigenvalue weighted by molar-refractivity contribution is -0.121. The average molecular weight is 530 g/mol. The Balaban J connectivity index is 1.79. The van der Waals surface area contributed by atoms with E-state index < -0.39 is 11.7 Å². The van der Waals surface area contributed by atoms with E-state index in [9.17, 15) is 22.8 Å². The monoisotopic (exact) mass is 529 g/mol. The lowest BCUT2D eigenvalue weighted by Crippen LogP contribution is -2.49. The van der Waals surface area contributed by atoms with Gasteiger partial charge >= 0.3 is 6.18 Å². The van der Waals surface area contributed by atoms with Crippen LogP contribution >= 0.6 is 23.2 Å². The Bertz CT molecular complexity index is 1210. The molecule has 3 rings (SSSR count). The summed E-state index contributed by atoms with van der Waals surface area (Å²) in [5.74, 6) is -0.487. The number of halogens is 5. The summed E-state index contributed by atoms with van der Waals surface area (Å²) in [4.78, 5) is 28.5. The Morgan fingerprint density at radius 1 is 1.20 bits per heavy atom. The number of aromatic nitrogens is 1. The van der Waals surface area contributed by atoms with Gasteiger partial charge in [-0.3, -0.25) is 9.59 Å². The highest BCUT2D eigenvalue weighted by molar-refractivity contribution is 6.31. The Labute approximate surface area is 210 Å². The Morgan fingerprint density at radius 2 is 1.83 bits per heavy atom. The van der Waals surface area contributed by atoms with Gasteiger partial charge in [0.25, 0.3) is 5.91 Å². The lowest BCUT2D eigenvalue weighted by atomic mass is 10.1. The fourth-order valence-corrected chi connectivity index (χ4v) is 4.14. The molecule has 0 bridgehead atoms. The van der Waals surface area contributed by atoms with Crippen molar-refractivity contribution in [3.05, 3.63) is 70.1 Å². The maximum atomic E-state index is 13.3. The number of carbonyl (C=O) groups excluding carboxylic acids is 2. The molecule has 2 heterocycles. The second kappa shape index (κ2) is 10.7. The number of nitrogens with two attached hydrogens (primary N) is 1. The molecule has 35 heavy (non-hydrogen) atoms. The zero-order chi connectivity index (χ0) is 25.9. The number of amides is 2. The quantitative estimate of drug-likeness (QED) is 0.557. The van der Waals surface area contributed by atoms with Gasteiger partial charge in [-0.05, 0) is 18.2 Å². The average Bonchev–Trinajstić information content (AvgIpc) is 3.17. The van der Waals surface area contributed by atoms with Gasteiger partial charge in [0.05, 0.1) is 21.7 Å². The van der Waals surface area contributed by atoms with E-state index >= 15 is 0 Å². The van der Waals surface area contributed by atoms with Crippen molar-refractivity contribution in [3.8, 4) is 0 Å². The van der Waals surface area contributed by atoms with Crippen molar-refractivity contribution in [3.63, 3.8) is 0 Å². The topological polar surface area (TPSA) is 83.6 Å². The van der Waals surface area contributed by atoms with Gasteiger partial charge in [-0.2, -0.15) is 13.2 Å². The largest absolute Gasteiger partial charge is 0.416 e. The van der Waals surface area contributed by atoms with Gasteiger partial charge in [0.2, 0.25) is 5.91 Å². The molecule has 188 valence electrons. The zero-order valence-electron chi connectivity index (χ0n) is 18.8. The fraction of sp³-hybridized carbons (Fsp3) is 0.304. The molecule has 2 aromatic rings. The first-order valence-electron chi connectivity index (χ1n) is 10.6. The Morgan fingerprint density at radius 3 is 2.40 bits per heavy atom. The van der Waals surface area contributed by atoms with E-state index in [1.54, 1.807) is 38.8 Å². The summed E-state index contributed by atoms with van der Waals surface area (Å²) in [6.07, 6.45) is -1.59. The van der Waals surface area contributed by atoms with Crippen LogP contribution in [0.4, 0.5) is 13.2 Å². The summed E-state index contributed by atoms with van der Waals surface area (Å²) >= 11 is 12.2. The number of piperazine rings is 1. The highest BCUT2D eigenvalue weighted by Gasteiger charge is 2.32. The van der Waals surface area contributed by atoms with Crippen LogP contribution in [0.25, 0.3) is 10.9 Å². The molecule has 0 saturated carbocycles. The maximum absolute atomic E-state index is 13.3. The number of nitrogens with zero attached hydrogens (tertiary/aromatic N) is 3. The first-order chi connectivity index (χ1) is 16.5. The first-order valence-corrected chi connectivity index (χ1v) is 11.3. The summed E-state index contributed by atoms with van der Waals surface area (Å²) in [6, 6.07) is 5.09. The SMILES string of the molecule is C=C/C(=C\C(Cl)=C(/N)N1CCN(C(=O)c2cn(CC(=O)NC)c3cc(Cl)ccc23)CC1)C(F)(F)F. The van der Waals surface area contributed by atoms with Crippen LogP contribution in [0.3, 0.4) is 0 Å². The molecule has 1 aliphatic heterocycles. The second-order valence-corrected chi connectivity index (χ2v) is 8.66. The molecular weight excluding hydrogens is 506 g/mol. The predicted molar refractivity (Wildman–Crippen MR) is 130 cm³/mol. The third kappa shape index (κ3) is 5.94. The van der Waals surface area contributed by atoms with Crippen LogP contribution in [0.1, 0.15) is 10.4 Å². The van der Waals surface area contributed by atoms with Crippen LogP contribution in [-0.2, 0) is 11.3 Å². The number of alkyl halides is 3. The van der Waals surface area contributed by atoms with Gasteiger partial charge in [-0.15, -0.1) is 0 Å². The third-order valence-corrected chi connectivity index (χ3v) is 6.19. The molecule has 1 aliphatic rings. The summed E-state index contributed by atoms with van der Waals surface area (Å²) in [5.41, 5.74) is 6.05. The summed E-state index contributed by atoms with van der Waals surface area (Å²) in [6.45, 7) is 4.28. The van der Waals surface area contributed by atoms with Crippen molar-refractivity contribution < 1.29 is 22.8 Å². The number of likely N-dealkylation sites (N-methyl/N-ethyl adjacent to an activating group) is 1. The van der Waals surface area contributed by atoms with E-state index in [1.807, 2.05) is 0 Å². The number of allylic oxidation sites excluding steroid dienone is 4. The van der Waals surface area contributed by atoms with E-state index in [-0.39, 0.29) is 55.4 Å². The van der Waals surface area contributed by atoms with Gasteiger partial charge in [0, 0.05) is 49.8 Å². The van der Waals surface area contributed by atoms with Crippen molar-refractivity contribution in [2.45, 2.75) is 12.7 Å². The molecule has 1 fully saturated rings. The van der Waals surface area contributed by atoms with Crippen molar-refractivity contribution in [2.75, 3.05) is 33.2 Å². The smallest absolute Gasteiger partial charge is 0.384 e. The fourth-order valence-electron chi connectivity index (χ4n) is 3.74. The highest BCUT2D eigenvalue weighted by atomic mass is 35.5. The van der Waals surface area contributed by atoms with Crippen LogP contribution in [0.15, 0.2) is 59.6 Å². The van der Waals surface area contributed by atoms with Crippen molar-refractivity contribution in [2.24, 2.45) is 5.73 Å². The molecular formula is C23H24Cl2F3N5O2.